The van der Waals surface area contributed by atoms with E-state index in [1.54, 1.807) is 12.0 Å². The molecule has 148 valence electrons. The molecule has 2 aromatic rings. The number of hydrogen-bond acceptors (Lipinski definition) is 5. The molecule has 0 spiro atoms. The second-order valence-electron chi connectivity index (χ2n) is 6.56. The summed E-state index contributed by atoms with van der Waals surface area (Å²) < 4.78 is 6.37. The summed E-state index contributed by atoms with van der Waals surface area (Å²) >= 11 is 10.0. The number of rotatable bonds is 5. The lowest BCUT2D eigenvalue weighted by Gasteiger charge is -2.17. The van der Waals surface area contributed by atoms with Crippen LogP contribution in [0.25, 0.3) is 5.57 Å². The summed E-state index contributed by atoms with van der Waals surface area (Å²) in [6.45, 7) is 1.18. The molecule has 2 heterocycles. The second-order valence-corrected chi connectivity index (χ2v) is 9.12. The highest BCUT2D eigenvalue weighted by Crippen LogP contribution is 2.45. The van der Waals surface area contributed by atoms with Crippen LogP contribution in [0.15, 0.2) is 57.9 Å². The number of anilines is 1. The molecule has 2 aliphatic heterocycles. The maximum Gasteiger partial charge on any atom is 0.267 e. The molecular weight excluding hydrogens is 472 g/mol. The number of thioether (sulfide) groups is 1. The first-order valence-corrected chi connectivity index (χ1v) is 11.0. The van der Waals surface area contributed by atoms with E-state index in [4.69, 9.17) is 17.0 Å². The quantitative estimate of drug-likeness (QED) is 0.465. The fourth-order valence-electron chi connectivity index (χ4n) is 3.37. The van der Waals surface area contributed by atoms with Crippen molar-refractivity contribution in [3.05, 3.63) is 69.0 Å². The van der Waals surface area contributed by atoms with Gasteiger partial charge in [0.25, 0.3) is 11.8 Å². The third-order valence-corrected chi connectivity index (χ3v) is 6.70. The molecule has 2 aliphatic rings. The molecule has 5 nitrogen and oxygen atoms in total. The molecule has 8 heteroatoms. The van der Waals surface area contributed by atoms with Crippen LogP contribution >= 0.6 is 39.9 Å². The van der Waals surface area contributed by atoms with Crippen molar-refractivity contribution in [2.24, 2.45) is 0 Å². The van der Waals surface area contributed by atoms with Crippen LogP contribution in [-0.2, 0) is 20.9 Å². The van der Waals surface area contributed by atoms with Crippen LogP contribution in [0.1, 0.15) is 11.1 Å². The third-order valence-electron chi connectivity index (χ3n) is 4.76. The van der Waals surface area contributed by atoms with Gasteiger partial charge in [0.2, 0.25) is 0 Å². The van der Waals surface area contributed by atoms with Gasteiger partial charge < -0.3 is 9.64 Å². The van der Waals surface area contributed by atoms with E-state index >= 15 is 0 Å². The molecule has 0 aromatic heterocycles. The van der Waals surface area contributed by atoms with Gasteiger partial charge >= 0.3 is 0 Å². The SMILES string of the molecule is COCCN1C(=O)/C(=C2\C(=O)N(Cc3ccccc3)c3ccc(Br)cc32)SC1=S. The van der Waals surface area contributed by atoms with E-state index in [1.807, 2.05) is 48.5 Å². The Morgan fingerprint density at radius 1 is 1.07 bits per heavy atom. The van der Waals surface area contributed by atoms with Crippen molar-refractivity contribution in [1.29, 1.82) is 0 Å². The number of amides is 2. The minimum absolute atomic E-state index is 0.186. The lowest BCUT2D eigenvalue weighted by molar-refractivity contribution is -0.123. The Bertz CT molecular complexity index is 1040. The Morgan fingerprint density at radius 3 is 2.55 bits per heavy atom. The molecule has 29 heavy (non-hydrogen) atoms. The van der Waals surface area contributed by atoms with Crippen molar-refractivity contribution in [3.63, 3.8) is 0 Å². The maximum atomic E-state index is 13.4. The van der Waals surface area contributed by atoms with Crippen LogP contribution in [0.5, 0.6) is 0 Å². The summed E-state index contributed by atoms with van der Waals surface area (Å²) in [6.07, 6.45) is 0. The molecule has 4 rings (SSSR count). The molecule has 1 fully saturated rings. The molecule has 0 atom stereocenters. The summed E-state index contributed by atoms with van der Waals surface area (Å²) in [5, 5.41) is 0. The minimum atomic E-state index is -0.243. The van der Waals surface area contributed by atoms with Crippen LogP contribution in [0, 0.1) is 0 Å². The predicted molar refractivity (Wildman–Crippen MR) is 122 cm³/mol. The van der Waals surface area contributed by atoms with E-state index < -0.39 is 0 Å². The van der Waals surface area contributed by atoms with Crippen molar-refractivity contribution in [3.8, 4) is 0 Å². The van der Waals surface area contributed by atoms with Crippen LogP contribution in [0.3, 0.4) is 0 Å². The first-order chi connectivity index (χ1) is 14.0. The standard InChI is InChI=1S/C21H17BrN2O3S2/c1-27-10-9-23-20(26)18(29-21(23)28)17-15-11-14(22)7-8-16(15)24(19(17)25)12-13-5-3-2-4-6-13/h2-8,11H,9-10,12H2,1H3/b18-17+. The summed E-state index contributed by atoms with van der Waals surface area (Å²) in [5.74, 6) is -0.429. The second kappa shape index (κ2) is 8.39. The molecule has 0 radical (unpaired) electrons. The van der Waals surface area contributed by atoms with Gasteiger partial charge in [0.05, 0.1) is 35.9 Å². The van der Waals surface area contributed by atoms with Gasteiger partial charge in [0.1, 0.15) is 4.32 Å². The number of methoxy groups -OCH3 is 1. The normalized spacial score (nSPS) is 18.8. The molecule has 2 amide bonds. The summed E-state index contributed by atoms with van der Waals surface area (Å²) in [7, 11) is 1.58. The first-order valence-electron chi connectivity index (χ1n) is 8.94. The Kier molecular flexibility index (Phi) is 5.87. The zero-order chi connectivity index (χ0) is 20.5. The van der Waals surface area contributed by atoms with Gasteiger partial charge in [-0.25, -0.2) is 0 Å². The minimum Gasteiger partial charge on any atom is -0.383 e. The zero-order valence-corrected chi connectivity index (χ0v) is 18.8. The van der Waals surface area contributed by atoms with Crippen LogP contribution in [0.4, 0.5) is 5.69 Å². The molecule has 0 saturated carbocycles. The monoisotopic (exact) mass is 488 g/mol. The summed E-state index contributed by atoms with van der Waals surface area (Å²) in [5.41, 5.74) is 2.96. The van der Waals surface area contributed by atoms with Gasteiger partial charge in [-0.15, -0.1) is 0 Å². The molecule has 0 N–H and O–H groups in total. The van der Waals surface area contributed by atoms with Crippen LogP contribution in [0.2, 0.25) is 0 Å². The number of ether oxygens (including phenoxy) is 1. The average molecular weight is 489 g/mol. The van der Waals surface area contributed by atoms with Crippen molar-refractivity contribution in [2.45, 2.75) is 6.54 Å². The molecule has 2 aromatic carbocycles. The van der Waals surface area contributed by atoms with Gasteiger partial charge in [-0.05, 0) is 23.8 Å². The van der Waals surface area contributed by atoms with Gasteiger partial charge in [-0.3, -0.25) is 14.5 Å². The molecule has 0 unspecified atom stereocenters. The number of benzene rings is 2. The van der Waals surface area contributed by atoms with Gasteiger partial charge in [-0.2, -0.15) is 0 Å². The van der Waals surface area contributed by atoms with E-state index in [0.29, 0.717) is 34.5 Å². The highest BCUT2D eigenvalue weighted by atomic mass is 79.9. The van der Waals surface area contributed by atoms with E-state index in [0.717, 1.165) is 21.3 Å². The Balaban J connectivity index is 1.78. The fraction of sp³-hybridized carbons (Fsp3) is 0.190. The van der Waals surface area contributed by atoms with E-state index in [9.17, 15) is 9.59 Å². The van der Waals surface area contributed by atoms with Crippen LogP contribution < -0.4 is 4.90 Å². The van der Waals surface area contributed by atoms with Crippen molar-refractivity contribution in [2.75, 3.05) is 25.2 Å². The Labute approximate surface area is 186 Å². The van der Waals surface area contributed by atoms with Crippen molar-refractivity contribution < 1.29 is 14.3 Å². The van der Waals surface area contributed by atoms with E-state index in [2.05, 4.69) is 15.9 Å². The average Bonchev–Trinajstić information content (AvgIpc) is 3.13. The van der Waals surface area contributed by atoms with Gasteiger partial charge in [0.15, 0.2) is 0 Å². The maximum absolute atomic E-state index is 13.4. The van der Waals surface area contributed by atoms with Gasteiger partial charge in [0, 0.05) is 17.1 Å². The number of carbonyl (C=O) groups is 2. The Morgan fingerprint density at radius 2 is 1.83 bits per heavy atom. The third kappa shape index (κ3) is 3.77. The van der Waals surface area contributed by atoms with E-state index in [-0.39, 0.29) is 11.8 Å². The topological polar surface area (TPSA) is 49.9 Å². The number of hydrogen-bond donors (Lipinski definition) is 0. The fourth-order valence-corrected chi connectivity index (χ4v) is 5.11. The van der Waals surface area contributed by atoms with Crippen molar-refractivity contribution >= 4 is 67.3 Å². The first kappa shape index (κ1) is 20.3. The number of nitrogens with zero attached hydrogens (tertiary/aromatic N) is 2. The van der Waals surface area contributed by atoms with E-state index in [1.165, 1.54) is 16.7 Å². The highest BCUT2D eigenvalue weighted by molar-refractivity contribution is 9.10. The smallest absolute Gasteiger partial charge is 0.267 e. The number of thiocarbonyl (C=S) groups is 1. The number of halogens is 1. The molecule has 1 saturated heterocycles. The van der Waals surface area contributed by atoms with Crippen LogP contribution in [-0.4, -0.2) is 41.3 Å². The van der Waals surface area contributed by atoms with Crippen molar-refractivity contribution in [1.82, 2.24) is 4.90 Å². The Hall–Kier alpha value is -2.00. The lowest BCUT2D eigenvalue weighted by Crippen LogP contribution is -2.32. The summed E-state index contributed by atoms with van der Waals surface area (Å²) in [6, 6.07) is 15.5. The largest absolute Gasteiger partial charge is 0.383 e. The predicted octanol–water partition coefficient (Wildman–Crippen LogP) is 4.21. The van der Waals surface area contributed by atoms with Gasteiger partial charge in [-0.1, -0.05) is 70.2 Å². The molecule has 0 aliphatic carbocycles. The number of carbonyl (C=O) groups excluding carboxylic acids is 2. The summed E-state index contributed by atoms with van der Waals surface area (Å²) in [4.78, 5) is 30.1. The zero-order valence-electron chi connectivity index (χ0n) is 15.6. The number of fused-ring (bicyclic) bond motifs is 1. The molecule has 0 bridgehead atoms. The highest BCUT2D eigenvalue weighted by Gasteiger charge is 2.42. The molecular formula is C21H17BrN2O3S2. The lowest BCUT2D eigenvalue weighted by atomic mass is 10.1.